The fourth-order valence-electron chi connectivity index (χ4n) is 8.01. The maximum absolute atomic E-state index is 6.07. The van der Waals surface area contributed by atoms with Crippen molar-refractivity contribution >= 4 is 0 Å². The molecule has 0 bridgehead atoms. The molecule has 3 heterocycles. The van der Waals surface area contributed by atoms with Gasteiger partial charge in [-0.2, -0.15) is 0 Å². The summed E-state index contributed by atoms with van der Waals surface area (Å²) in [6, 6.07) is 1.58. The van der Waals surface area contributed by atoms with Crippen LogP contribution in [-0.2, 0) is 4.74 Å². The van der Waals surface area contributed by atoms with Gasteiger partial charge in [-0.3, -0.25) is 20.9 Å². The summed E-state index contributed by atoms with van der Waals surface area (Å²) in [6.45, 7) is 11.5. The molecule has 0 radical (unpaired) electrons. The second-order valence-electron chi connectivity index (χ2n) is 13.0. The highest BCUT2D eigenvalue weighted by atomic mass is 16.5. The molecule has 7 unspecified atom stereocenters. The Morgan fingerprint density at radius 1 is 0.974 bits per heavy atom. The molecular formula is C31H63N7O. The van der Waals surface area contributed by atoms with Crippen LogP contribution in [0.4, 0.5) is 0 Å². The van der Waals surface area contributed by atoms with E-state index in [4.69, 9.17) is 4.74 Å². The Morgan fingerprint density at radius 2 is 1.77 bits per heavy atom. The van der Waals surface area contributed by atoms with Gasteiger partial charge in [0.05, 0.1) is 6.17 Å². The average molecular weight is 550 g/mol. The third-order valence-corrected chi connectivity index (χ3v) is 10.2. The van der Waals surface area contributed by atoms with E-state index in [2.05, 4.69) is 57.3 Å². The zero-order valence-electron chi connectivity index (χ0n) is 25.9. The van der Waals surface area contributed by atoms with E-state index in [9.17, 15) is 0 Å². The molecule has 3 saturated heterocycles. The quantitative estimate of drug-likeness (QED) is 0.199. The second kappa shape index (κ2) is 17.0. The number of unbranched alkanes of at least 4 members (excludes halogenated alkanes) is 3. The largest absolute Gasteiger partial charge is 0.366 e. The first-order valence-electron chi connectivity index (χ1n) is 16.8. The van der Waals surface area contributed by atoms with E-state index in [0.717, 1.165) is 26.1 Å². The molecule has 228 valence electrons. The van der Waals surface area contributed by atoms with Gasteiger partial charge in [0, 0.05) is 57.3 Å². The number of hydrogen-bond acceptors (Lipinski definition) is 8. The van der Waals surface area contributed by atoms with E-state index in [1.54, 1.807) is 0 Å². The summed E-state index contributed by atoms with van der Waals surface area (Å²) in [4.78, 5) is 5.39. The maximum Gasteiger partial charge on any atom is 0.116 e. The molecular weight excluding hydrogens is 486 g/mol. The van der Waals surface area contributed by atoms with Crippen LogP contribution in [0.25, 0.3) is 0 Å². The van der Waals surface area contributed by atoms with E-state index in [1.807, 2.05) is 7.11 Å². The van der Waals surface area contributed by atoms with Crippen molar-refractivity contribution in [1.82, 2.24) is 36.4 Å². The zero-order valence-corrected chi connectivity index (χ0v) is 25.9. The lowest BCUT2D eigenvalue weighted by atomic mass is 9.77. The van der Waals surface area contributed by atoms with E-state index in [1.165, 1.54) is 96.7 Å². The van der Waals surface area contributed by atoms with Gasteiger partial charge < -0.3 is 20.3 Å². The molecule has 4 aliphatic rings. The molecule has 8 nitrogen and oxygen atoms in total. The molecule has 0 spiro atoms. The van der Waals surface area contributed by atoms with Gasteiger partial charge in [0.25, 0.3) is 0 Å². The molecule has 0 amide bonds. The predicted molar refractivity (Wildman–Crippen MR) is 163 cm³/mol. The molecule has 7 atom stereocenters. The van der Waals surface area contributed by atoms with E-state index >= 15 is 0 Å². The van der Waals surface area contributed by atoms with Crippen LogP contribution in [-0.4, -0.2) is 100 Å². The Labute approximate surface area is 240 Å². The standard InChI is InChI=1S/C31H63N7O/c1-5-6-7-11-16-26-27(22-33-17-20-37-18-12-13-19-37)30(39-4)34-23-28(26)36-31-35-24(2)21-29(32-3)38(31)25-14-9-8-10-15-25/h24-36H,5-23H2,1-4H3. The minimum Gasteiger partial charge on any atom is -0.366 e. The first-order chi connectivity index (χ1) is 19.1. The lowest BCUT2D eigenvalue weighted by molar-refractivity contribution is -0.0646. The smallest absolute Gasteiger partial charge is 0.116 e. The minimum absolute atomic E-state index is 0.122. The number of hydrogen-bond donors (Lipinski definition) is 5. The molecule has 0 aromatic heterocycles. The topological polar surface area (TPSA) is 75.9 Å². The molecule has 0 aromatic rings. The van der Waals surface area contributed by atoms with Gasteiger partial charge in [0.15, 0.2) is 0 Å². The highest BCUT2D eigenvalue weighted by Crippen LogP contribution is 2.32. The molecule has 1 aliphatic carbocycles. The number of nitrogens with one attached hydrogen (secondary N) is 5. The number of rotatable bonds is 15. The van der Waals surface area contributed by atoms with Gasteiger partial charge in [-0.25, -0.2) is 0 Å². The summed E-state index contributed by atoms with van der Waals surface area (Å²) in [6.07, 6.45) is 18.0. The fraction of sp³-hybridized carbons (Fsp3) is 1.00. The van der Waals surface area contributed by atoms with Crippen LogP contribution in [0.1, 0.15) is 97.3 Å². The Bertz CT molecular complexity index is 655. The van der Waals surface area contributed by atoms with Crippen LogP contribution in [0, 0.1) is 11.8 Å². The first-order valence-corrected chi connectivity index (χ1v) is 16.8. The summed E-state index contributed by atoms with van der Waals surface area (Å²) < 4.78 is 6.07. The highest BCUT2D eigenvalue weighted by Gasteiger charge is 2.43. The lowest BCUT2D eigenvalue weighted by Crippen LogP contribution is -2.73. The van der Waals surface area contributed by atoms with Gasteiger partial charge in [-0.05, 0) is 71.5 Å². The van der Waals surface area contributed by atoms with Crippen molar-refractivity contribution in [2.24, 2.45) is 11.8 Å². The van der Waals surface area contributed by atoms with Crippen molar-refractivity contribution in [3.63, 3.8) is 0 Å². The third kappa shape index (κ3) is 9.08. The second-order valence-corrected chi connectivity index (χ2v) is 13.0. The highest BCUT2D eigenvalue weighted by molar-refractivity contribution is 4.97. The van der Waals surface area contributed by atoms with Crippen molar-refractivity contribution in [3.8, 4) is 0 Å². The van der Waals surface area contributed by atoms with Crippen LogP contribution in [0.3, 0.4) is 0 Å². The van der Waals surface area contributed by atoms with Crippen LogP contribution >= 0.6 is 0 Å². The lowest BCUT2D eigenvalue weighted by Gasteiger charge is -2.53. The van der Waals surface area contributed by atoms with Crippen molar-refractivity contribution in [2.75, 3.05) is 53.4 Å². The summed E-state index contributed by atoms with van der Waals surface area (Å²) in [5, 5.41) is 19.6. The first kappa shape index (κ1) is 31.6. The molecule has 4 rings (SSSR count). The maximum atomic E-state index is 6.07. The molecule has 3 aliphatic heterocycles. The van der Waals surface area contributed by atoms with Crippen molar-refractivity contribution < 1.29 is 4.74 Å². The summed E-state index contributed by atoms with van der Waals surface area (Å²) in [5.74, 6) is 1.05. The van der Waals surface area contributed by atoms with E-state index < -0.39 is 0 Å². The van der Waals surface area contributed by atoms with E-state index in [-0.39, 0.29) is 12.5 Å². The van der Waals surface area contributed by atoms with Crippen molar-refractivity contribution in [2.45, 2.75) is 134 Å². The molecule has 5 N–H and O–H groups in total. The molecule has 39 heavy (non-hydrogen) atoms. The van der Waals surface area contributed by atoms with Crippen LogP contribution in [0.15, 0.2) is 0 Å². The van der Waals surface area contributed by atoms with Gasteiger partial charge >= 0.3 is 0 Å². The zero-order chi connectivity index (χ0) is 27.5. The number of ether oxygens (including phenoxy) is 1. The van der Waals surface area contributed by atoms with Gasteiger partial charge in [0.2, 0.25) is 0 Å². The van der Waals surface area contributed by atoms with Gasteiger partial charge in [0.1, 0.15) is 12.5 Å². The Morgan fingerprint density at radius 3 is 2.49 bits per heavy atom. The Balaban J connectivity index is 1.45. The van der Waals surface area contributed by atoms with E-state index in [0.29, 0.717) is 36.1 Å². The SMILES string of the molecule is CCCCCCC1C(NC2NC(C)CC(NC)N2C2CCCCC2)CNC(OC)C1CNCCN1CCCC1. The monoisotopic (exact) mass is 550 g/mol. The number of methoxy groups -OCH3 is 1. The number of piperidine rings is 1. The number of likely N-dealkylation sites (tertiary alicyclic amines) is 1. The van der Waals surface area contributed by atoms with Gasteiger partial charge in [-0.15, -0.1) is 0 Å². The normalized spacial score (nSPS) is 35.5. The van der Waals surface area contributed by atoms with Crippen molar-refractivity contribution in [1.29, 1.82) is 0 Å². The van der Waals surface area contributed by atoms with Crippen LogP contribution < -0.4 is 26.6 Å². The minimum atomic E-state index is 0.122. The molecule has 0 aromatic carbocycles. The molecule has 1 saturated carbocycles. The average Bonchev–Trinajstić information content (AvgIpc) is 3.48. The van der Waals surface area contributed by atoms with Crippen molar-refractivity contribution in [3.05, 3.63) is 0 Å². The van der Waals surface area contributed by atoms with Crippen LogP contribution in [0.2, 0.25) is 0 Å². The predicted octanol–water partition coefficient (Wildman–Crippen LogP) is 3.25. The Kier molecular flexibility index (Phi) is 13.7. The summed E-state index contributed by atoms with van der Waals surface area (Å²) in [7, 11) is 4.05. The summed E-state index contributed by atoms with van der Waals surface area (Å²) >= 11 is 0. The Hall–Kier alpha value is -0.320. The van der Waals surface area contributed by atoms with Gasteiger partial charge in [-0.1, -0.05) is 51.9 Å². The third-order valence-electron chi connectivity index (χ3n) is 10.2. The fourth-order valence-corrected chi connectivity index (χ4v) is 8.01. The number of nitrogens with zero attached hydrogens (tertiary/aromatic N) is 2. The molecule has 8 heteroatoms. The molecule has 4 fully saturated rings. The van der Waals surface area contributed by atoms with Crippen LogP contribution in [0.5, 0.6) is 0 Å². The summed E-state index contributed by atoms with van der Waals surface area (Å²) in [5.41, 5.74) is 0.